The van der Waals surface area contributed by atoms with Crippen LogP contribution < -0.4 is 0 Å². The van der Waals surface area contributed by atoms with Gasteiger partial charge in [-0.3, -0.25) is 9.79 Å². The molecule has 34 heavy (non-hydrogen) atoms. The van der Waals surface area contributed by atoms with Crippen LogP contribution in [0.25, 0.3) is 0 Å². The number of piperidine rings is 2. The summed E-state index contributed by atoms with van der Waals surface area (Å²) < 4.78 is 0. The van der Waals surface area contributed by atoms with Crippen LogP contribution in [0.1, 0.15) is 91.4 Å². The molecule has 6 aliphatic rings. The first-order valence-corrected chi connectivity index (χ1v) is 14.9. The third-order valence-electron chi connectivity index (χ3n) is 11.5. The van der Waals surface area contributed by atoms with Gasteiger partial charge in [-0.2, -0.15) is 0 Å². The molecule has 0 aromatic rings. The van der Waals surface area contributed by atoms with Crippen LogP contribution >= 0.6 is 0 Å². The van der Waals surface area contributed by atoms with E-state index in [1.165, 1.54) is 77.2 Å². The van der Waals surface area contributed by atoms with E-state index in [-0.39, 0.29) is 0 Å². The number of amides is 1. The molecule has 4 nitrogen and oxygen atoms in total. The van der Waals surface area contributed by atoms with Crippen LogP contribution in [0.2, 0.25) is 0 Å². The maximum Gasteiger partial charge on any atom is 0.219 e. The topological polar surface area (TPSA) is 35.9 Å². The van der Waals surface area contributed by atoms with Crippen molar-refractivity contribution in [3.8, 4) is 0 Å². The fraction of sp³-hybridized carbons (Fsp3) is 0.933. The lowest BCUT2D eigenvalue weighted by atomic mass is 9.65. The number of likely N-dealkylation sites (tertiary alicyclic amines) is 2. The lowest BCUT2D eigenvalue weighted by Gasteiger charge is -2.50. The van der Waals surface area contributed by atoms with E-state index in [0.29, 0.717) is 23.9 Å². The number of nitrogens with zero attached hydrogens (tertiary/aromatic N) is 3. The Bertz CT molecular complexity index is 809. The van der Waals surface area contributed by atoms with E-state index < -0.39 is 0 Å². The van der Waals surface area contributed by atoms with Crippen LogP contribution in [-0.2, 0) is 4.79 Å². The first-order chi connectivity index (χ1) is 16.4. The van der Waals surface area contributed by atoms with Gasteiger partial charge in [0.25, 0.3) is 0 Å². The van der Waals surface area contributed by atoms with Crippen LogP contribution in [0.4, 0.5) is 0 Å². The molecule has 3 heterocycles. The first-order valence-electron chi connectivity index (χ1n) is 14.9. The number of fused-ring (bicyclic) bond motifs is 4. The molecule has 3 saturated carbocycles. The Hall–Kier alpha value is -0.900. The van der Waals surface area contributed by atoms with E-state index >= 15 is 0 Å². The fourth-order valence-electron chi connectivity index (χ4n) is 10.2. The van der Waals surface area contributed by atoms with Gasteiger partial charge in [-0.25, -0.2) is 0 Å². The molecule has 2 bridgehead atoms. The van der Waals surface area contributed by atoms with E-state index in [0.717, 1.165) is 54.0 Å². The Kier molecular flexibility index (Phi) is 6.36. The van der Waals surface area contributed by atoms with Gasteiger partial charge in [0.15, 0.2) is 0 Å². The summed E-state index contributed by atoms with van der Waals surface area (Å²) >= 11 is 0. The zero-order valence-corrected chi connectivity index (χ0v) is 22.3. The molecule has 11 atom stereocenters. The normalized spacial score (nSPS) is 48.9. The molecule has 0 spiro atoms. The van der Waals surface area contributed by atoms with Crippen molar-refractivity contribution in [1.29, 1.82) is 0 Å². The number of hydrogen-bond acceptors (Lipinski definition) is 3. The summed E-state index contributed by atoms with van der Waals surface area (Å²) in [4.78, 5) is 23.0. The van der Waals surface area contributed by atoms with E-state index in [1.807, 2.05) is 0 Å². The largest absolute Gasteiger partial charge is 0.340 e. The number of rotatable bonds is 2. The standard InChI is InChI=1S/C30H49N3O/c1-18-11-22-16-28-25(23-15-27(22)29(12-18)32(4)17-23)8-7-24(31-28)14-21-10-19(2)13-30-26(21)6-5-9-33(30)20(3)34/h18-19,21-27,29-30H,5-17H2,1-4H3/t18-,19+,21-,22+,23-,24+,25-,26+,27-,29+,30-/m1/s1. The molecule has 0 aromatic heterocycles. The number of aliphatic imine (C=N–C) groups is 1. The highest BCUT2D eigenvalue weighted by Crippen LogP contribution is 2.51. The summed E-state index contributed by atoms with van der Waals surface area (Å²) in [6.07, 6.45) is 14.7. The predicted octanol–water partition coefficient (Wildman–Crippen LogP) is 5.66. The lowest BCUT2D eigenvalue weighted by Crippen LogP contribution is -2.53. The van der Waals surface area contributed by atoms with Crippen molar-refractivity contribution in [3.05, 3.63) is 0 Å². The third-order valence-corrected chi connectivity index (χ3v) is 11.5. The van der Waals surface area contributed by atoms with Gasteiger partial charge >= 0.3 is 0 Å². The summed E-state index contributed by atoms with van der Waals surface area (Å²) in [5, 5.41) is 0. The Balaban J connectivity index is 1.21. The highest BCUT2D eigenvalue weighted by Gasteiger charge is 2.49. The van der Waals surface area contributed by atoms with Crippen molar-refractivity contribution in [3.63, 3.8) is 0 Å². The van der Waals surface area contributed by atoms with Gasteiger partial charge in [0.05, 0.1) is 6.04 Å². The molecule has 4 heteroatoms. The second-order valence-electron chi connectivity index (χ2n) is 13.8. The molecule has 0 radical (unpaired) electrons. The quantitative estimate of drug-likeness (QED) is 0.526. The molecule has 5 fully saturated rings. The maximum absolute atomic E-state index is 12.4. The molecule has 1 amide bonds. The highest BCUT2D eigenvalue weighted by atomic mass is 16.2. The average Bonchev–Trinajstić information content (AvgIpc) is 2.92. The van der Waals surface area contributed by atoms with Crippen LogP contribution in [0.5, 0.6) is 0 Å². The van der Waals surface area contributed by atoms with Crippen molar-refractivity contribution in [2.75, 3.05) is 20.1 Å². The number of carbonyl (C=O) groups excluding carboxylic acids is 1. The van der Waals surface area contributed by atoms with Gasteiger partial charge in [0, 0.05) is 43.7 Å². The monoisotopic (exact) mass is 467 g/mol. The van der Waals surface area contributed by atoms with E-state index in [4.69, 9.17) is 4.99 Å². The summed E-state index contributed by atoms with van der Waals surface area (Å²) in [6.45, 7) is 9.02. The second kappa shape index (κ2) is 9.20. The highest BCUT2D eigenvalue weighted by molar-refractivity contribution is 5.88. The van der Waals surface area contributed by atoms with Gasteiger partial charge in [-0.15, -0.1) is 0 Å². The molecule has 0 N–H and O–H groups in total. The molecule has 3 aliphatic carbocycles. The Morgan fingerprint density at radius 3 is 2.56 bits per heavy atom. The van der Waals surface area contributed by atoms with Gasteiger partial charge in [0.1, 0.15) is 0 Å². The van der Waals surface area contributed by atoms with Gasteiger partial charge < -0.3 is 9.80 Å². The fourth-order valence-corrected chi connectivity index (χ4v) is 10.2. The minimum absolute atomic E-state index is 0.304. The average molecular weight is 468 g/mol. The predicted molar refractivity (Wildman–Crippen MR) is 139 cm³/mol. The lowest BCUT2D eigenvalue weighted by molar-refractivity contribution is -0.137. The summed E-state index contributed by atoms with van der Waals surface area (Å²) in [7, 11) is 2.42. The van der Waals surface area contributed by atoms with Crippen LogP contribution in [-0.4, -0.2) is 59.7 Å². The third kappa shape index (κ3) is 4.18. The van der Waals surface area contributed by atoms with Gasteiger partial charge in [-0.1, -0.05) is 13.8 Å². The molecule has 3 aliphatic heterocycles. The van der Waals surface area contributed by atoms with E-state index in [9.17, 15) is 4.79 Å². The van der Waals surface area contributed by atoms with Crippen LogP contribution in [0.15, 0.2) is 4.99 Å². The SMILES string of the molecule is CC(=O)N1CCC[C@H]2[C@@H](C[C@@H]3CC[C@H]4C(=N3)C[C@@H]3C[C@@H](C)C[C@H]5[C@@H]3C[C@@H]4CN5C)C[C@H](C)C[C@H]21. The van der Waals surface area contributed by atoms with Gasteiger partial charge in [0.2, 0.25) is 5.91 Å². The molecule has 2 saturated heterocycles. The Morgan fingerprint density at radius 1 is 0.941 bits per heavy atom. The molecular weight excluding hydrogens is 418 g/mol. The molecule has 6 rings (SSSR count). The summed E-state index contributed by atoms with van der Waals surface area (Å²) in [5.41, 5.74) is 1.64. The number of carbonyl (C=O) groups is 1. The molecule has 0 unspecified atom stereocenters. The van der Waals surface area contributed by atoms with Crippen molar-refractivity contribution in [1.82, 2.24) is 9.80 Å². The van der Waals surface area contributed by atoms with Crippen molar-refractivity contribution >= 4 is 11.6 Å². The molecular formula is C30H49N3O. The molecule has 190 valence electrons. The van der Waals surface area contributed by atoms with Crippen LogP contribution in [0, 0.1) is 47.3 Å². The van der Waals surface area contributed by atoms with E-state index in [2.05, 4.69) is 30.7 Å². The zero-order valence-electron chi connectivity index (χ0n) is 22.3. The smallest absolute Gasteiger partial charge is 0.219 e. The zero-order chi connectivity index (χ0) is 23.6. The Labute approximate surface area is 208 Å². The van der Waals surface area contributed by atoms with Crippen LogP contribution in [0.3, 0.4) is 0 Å². The first kappa shape index (κ1) is 23.5. The number of hydrogen-bond donors (Lipinski definition) is 0. The minimum atomic E-state index is 0.304. The van der Waals surface area contributed by atoms with Crippen molar-refractivity contribution in [2.24, 2.45) is 52.3 Å². The summed E-state index contributed by atoms with van der Waals surface area (Å²) in [6, 6.07) is 1.87. The van der Waals surface area contributed by atoms with Gasteiger partial charge in [-0.05, 0) is 119 Å². The Morgan fingerprint density at radius 2 is 1.74 bits per heavy atom. The minimum Gasteiger partial charge on any atom is -0.340 e. The molecule has 0 aromatic carbocycles. The van der Waals surface area contributed by atoms with Crippen molar-refractivity contribution in [2.45, 2.75) is 110 Å². The van der Waals surface area contributed by atoms with Crippen molar-refractivity contribution < 1.29 is 4.79 Å². The second-order valence-corrected chi connectivity index (χ2v) is 13.8. The van der Waals surface area contributed by atoms with E-state index in [1.54, 1.807) is 12.6 Å². The maximum atomic E-state index is 12.4. The summed E-state index contributed by atoms with van der Waals surface area (Å²) in [5.74, 6) is 6.81.